The monoisotopic (exact) mass is 368 g/mol. The number of Topliss-reactive ketones (excluding diaryl/α,β-unsaturated/α-hetero) is 1. The van der Waals surface area contributed by atoms with Gasteiger partial charge in [-0.1, -0.05) is 5.57 Å². The van der Waals surface area contributed by atoms with Crippen molar-refractivity contribution < 1.29 is 38.1 Å². The van der Waals surface area contributed by atoms with Gasteiger partial charge in [0.15, 0.2) is 5.78 Å². The molecule has 0 bridgehead atoms. The molecule has 8 heteroatoms. The summed E-state index contributed by atoms with van der Waals surface area (Å²) in [7, 11) is 1.32. The number of cyclic esters (lactones) is 1. The Morgan fingerprint density at radius 3 is 2.46 bits per heavy atom. The highest BCUT2D eigenvalue weighted by molar-refractivity contribution is 5.97. The largest absolute Gasteiger partial charge is 0.469 e. The van der Waals surface area contributed by atoms with Crippen molar-refractivity contribution in [1.29, 1.82) is 0 Å². The average Bonchev–Trinajstić information content (AvgIpc) is 2.50. The average molecular weight is 368 g/mol. The highest BCUT2D eigenvalue weighted by atomic mass is 16.7. The first-order valence-electron chi connectivity index (χ1n) is 8.13. The molecule has 0 aromatic rings. The third-order valence-electron chi connectivity index (χ3n) is 3.34. The van der Waals surface area contributed by atoms with Gasteiger partial charge < -0.3 is 18.9 Å². The topological polar surface area (TPSA) is 105 Å². The molecule has 0 aromatic heterocycles. The van der Waals surface area contributed by atoms with Gasteiger partial charge in [0.05, 0.1) is 19.6 Å². The number of methoxy groups -OCH3 is 1. The van der Waals surface area contributed by atoms with E-state index in [0.29, 0.717) is 6.42 Å². The Kier molecular flexibility index (Phi) is 8.02. The number of esters is 3. The summed E-state index contributed by atoms with van der Waals surface area (Å²) in [5.41, 5.74) is 0.871. The van der Waals surface area contributed by atoms with E-state index in [0.717, 1.165) is 11.6 Å². The summed E-state index contributed by atoms with van der Waals surface area (Å²) in [4.78, 5) is 46.0. The van der Waals surface area contributed by atoms with Gasteiger partial charge >= 0.3 is 17.9 Å². The number of carbonyl (C=O) groups is 4. The minimum absolute atomic E-state index is 0.0116. The summed E-state index contributed by atoms with van der Waals surface area (Å²) < 4.78 is 19.8. The van der Waals surface area contributed by atoms with Gasteiger partial charge in [0.1, 0.15) is 18.8 Å². The molecule has 0 aromatic carbocycles. The molecule has 0 amide bonds. The van der Waals surface area contributed by atoms with Gasteiger partial charge in [-0.15, -0.1) is 0 Å². The predicted octanol–water partition coefficient (Wildman–Crippen LogP) is 1.97. The lowest BCUT2D eigenvalue weighted by Crippen LogP contribution is -2.34. The molecular weight excluding hydrogens is 344 g/mol. The number of ketones is 1. The predicted molar refractivity (Wildman–Crippen MR) is 89.5 cm³/mol. The van der Waals surface area contributed by atoms with Gasteiger partial charge in [-0.2, -0.15) is 0 Å². The third-order valence-corrected chi connectivity index (χ3v) is 3.34. The maximum Gasteiger partial charge on any atom is 0.337 e. The van der Waals surface area contributed by atoms with E-state index in [-0.39, 0.29) is 31.2 Å². The van der Waals surface area contributed by atoms with Crippen LogP contribution in [-0.2, 0) is 38.1 Å². The molecule has 0 radical (unpaired) electrons. The molecule has 1 rings (SSSR count). The number of carbonyl (C=O) groups excluding carboxylic acids is 4. The quantitative estimate of drug-likeness (QED) is 0.263. The second-order valence-corrected chi connectivity index (χ2v) is 6.24. The number of hydrogen-bond donors (Lipinski definition) is 0. The lowest BCUT2D eigenvalue weighted by atomic mass is 10.1. The molecule has 144 valence electrons. The first-order valence-corrected chi connectivity index (χ1v) is 8.13. The molecule has 0 saturated heterocycles. The normalized spacial score (nSPS) is 16.1. The standard InChI is InChI=1S/C18H24O8/c1-12(5-6-15(20)23-4)7-8-24-16(21)10-13(19)9-14-11-17(22)26-18(2,3)25-14/h7,11H,5-6,8-10H2,1-4H3/b12-7-. The Bertz CT molecular complexity index is 627. The molecule has 0 spiro atoms. The second-order valence-electron chi connectivity index (χ2n) is 6.24. The molecule has 26 heavy (non-hydrogen) atoms. The number of allylic oxidation sites excluding steroid dienone is 2. The van der Waals surface area contributed by atoms with Gasteiger partial charge in [0, 0.05) is 20.3 Å². The van der Waals surface area contributed by atoms with Crippen LogP contribution in [0, 0.1) is 0 Å². The van der Waals surface area contributed by atoms with E-state index in [1.165, 1.54) is 7.11 Å². The van der Waals surface area contributed by atoms with E-state index in [9.17, 15) is 19.2 Å². The van der Waals surface area contributed by atoms with Crippen molar-refractivity contribution in [2.24, 2.45) is 0 Å². The SMILES string of the molecule is COC(=O)CC/C(C)=C\COC(=O)CC(=O)CC1=CC(=O)OC(C)(C)O1. The molecule has 0 aliphatic carbocycles. The van der Waals surface area contributed by atoms with Crippen LogP contribution in [0.3, 0.4) is 0 Å². The summed E-state index contributed by atoms with van der Waals surface area (Å²) in [6, 6.07) is 0. The summed E-state index contributed by atoms with van der Waals surface area (Å²) in [6.45, 7) is 4.91. The van der Waals surface area contributed by atoms with Crippen molar-refractivity contribution >= 4 is 23.7 Å². The van der Waals surface area contributed by atoms with Crippen LogP contribution < -0.4 is 0 Å². The van der Waals surface area contributed by atoms with Crippen LogP contribution in [0.15, 0.2) is 23.5 Å². The molecule has 0 unspecified atom stereocenters. The maximum atomic E-state index is 11.9. The van der Waals surface area contributed by atoms with Crippen LogP contribution in [-0.4, -0.2) is 43.2 Å². The summed E-state index contributed by atoms with van der Waals surface area (Å²) in [5.74, 6) is -3.01. The third kappa shape index (κ3) is 8.46. The van der Waals surface area contributed by atoms with Gasteiger partial charge in [-0.05, 0) is 19.4 Å². The van der Waals surface area contributed by atoms with Crippen molar-refractivity contribution in [2.75, 3.05) is 13.7 Å². The van der Waals surface area contributed by atoms with Crippen molar-refractivity contribution in [3.05, 3.63) is 23.5 Å². The number of rotatable bonds is 9. The highest BCUT2D eigenvalue weighted by Crippen LogP contribution is 2.24. The minimum Gasteiger partial charge on any atom is -0.469 e. The van der Waals surface area contributed by atoms with Crippen molar-refractivity contribution in [3.63, 3.8) is 0 Å². The van der Waals surface area contributed by atoms with Crippen LogP contribution in [0.2, 0.25) is 0 Å². The smallest absolute Gasteiger partial charge is 0.337 e. The fourth-order valence-electron chi connectivity index (χ4n) is 2.11. The maximum absolute atomic E-state index is 11.9. The Hall–Kier alpha value is -2.64. The Labute approximate surface area is 152 Å². The summed E-state index contributed by atoms with van der Waals surface area (Å²) >= 11 is 0. The van der Waals surface area contributed by atoms with Crippen LogP contribution >= 0.6 is 0 Å². The molecule has 1 aliphatic heterocycles. The molecular formula is C18H24O8. The molecule has 1 heterocycles. The van der Waals surface area contributed by atoms with Gasteiger partial charge in [-0.25, -0.2) is 4.79 Å². The van der Waals surface area contributed by atoms with Crippen LogP contribution in [0.5, 0.6) is 0 Å². The molecule has 0 N–H and O–H groups in total. The lowest BCUT2D eigenvalue weighted by molar-refractivity contribution is -0.205. The zero-order valence-corrected chi connectivity index (χ0v) is 15.5. The Balaban J connectivity index is 2.35. The van der Waals surface area contributed by atoms with E-state index >= 15 is 0 Å². The van der Waals surface area contributed by atoms with E-state index in [4.69, 9.17) is 14.2 Å². The fraction of sp³-hybridized carbons (Fsp3) is 0.556. The Morgan fingerprint density at radius 1 is 1.15 bits per heavy atom. The summed E-state index contributed by atoms with van der Waals surface area (Å²) in [6.07, 6.45) is 2.88. The first kappa shape index (κ1) is 21.4. The van der Waals surface area contributed by atoms with Gasteiger partial charge in [0.2, 0.25) is 5.79 Å². The molecule has 8 nitrogen and oxygen atoms in total. The molecule has 0 fully saturated rings. The lowest BCUT2D eigenvalue weighted by Gasteiger charge is -2.30. The Morgan fingerprint density at radius 2 is 1.85 bits per heavy atom. The van der Waals surface area contributed by atoms with Gasteiger partial charge in [0.25, 0.3) is 0 Å². The minimum atomic E-state index is -1.14. The highest BCUT2D eigenvalue weighted by Gasteiger charge is 2.31. The van der Waals surface area contributed by atoms with Crippen molar-refractivity contribution in [1.82, 2.24) is 0 Å². The van der Waals surface area contributed by atoms with Crippen LogP contribution in [0.4, 0.5) is 0 Å². The van der Waals surface area contributed by atoms with E-state index in [2.05, 4.69) is 4.74 Å². The molecule has 0 saturated carbocycles. The van der Waals surface area contributed by atoms with Gasteiger partial charge in [-0.3, -0.25) is 14.4 Å². The van der Waals surface area contributed by atoms with E-state index in [1.807, 2.05) is 0 Å². The first-order chi connectivity index (χ1) is 12.1. The zero-order valence-electron chi connectivity index (χ0n) is 15.5. The molecule has 0 atom stereocenters. The van der Waals surface area contributed by atoms with Crippen molar-refractivity contribution in [3.8, 4) is 0 Å². The summed E-state index contributed by atoms with van der Waals surface area (Å²) in [5, 5.41) is 0. The van der Waals surface area contributed by atoms with E-state index < -0.39 is 29.9 Å². The number of hydrogen-bond acceptors (Lipinski definition) is 8. The van der Waals surface area contributed by atoms with E-state index in [1.54, 1.807) is 26.8 Å². The van der Waals surface area contributed by atoms with Crippen LogP contribution in [0.1, 0.15) is 46.5 Å². The zero-order chi connectivity index (χ0) is 19.7. The number of ether oxygens (including phenoxy) is 4. The van der Waals surface area contributed by atoms with Crippen LogP contribution in [0.25, 0.3) is 0 Å². The fourth-order valence-corrected chi connectivity index (χ4v) is 2.11. The molecule has 1 aliphatic rings. The second kappa shape index (κ2) is 9.74. The van der Waals surface area contributed by atoms with Crippen molar-refractivity contribution in [2.45, 2.75) is 52.2 Å².